The first-order valence-corrected chi connectivity index (χ1v) is 8.20. The van der Waals surface area contributed by atoms with E-state index in [0.29, 0.717) is 12.5 Å². The Morgan fingerprint density at radius 1 is 1.21 bits per heavy atom. The molecular formula is C20H24N2O2. The molecule has 1 N–H and O–H groups in total. The number of hydrogen-bond donors (Lipinski definition) is 1. The van der Waals surface area contributed by atoms with Crippen LogP contribution in [0.2, 0.25) is 0 Å². The van der Waals surface area contributed by atoms with Crippen LogP contribution in [0.3, 0.4) is 0 Å². The van der Waals surface area contributed by atoms with Crippen LogP contribution in [0.5, 0.6) is 5.88 Å². The first-order chi connectivity index (χ1) is 11.7. The van der Waals surface area contributed by atoms with Gasteiger partial charge in [-0.15, -0.1) is 0 Å². The molecule has 24 heavy (non-hydrogen) atoms. The van der Waals surface area contributed by atoms with Gasteiger partial charge in [-0.25, -0.2) is 9.97 Å². The molecule has 0 fully saturated rings. The van der Waals surface area contributed by atoms with Gasteiger partial charge in [0, 0.05) is 5.56 Å². The predicted molar refractivity (Wildman–Crippen MR) is 97.7 cm³/mol. The molecule has 4 heteroatoms. The van der Waals surface area contributed by atoms with E-state index < -0.39 is 0 Å². The molecular weight excluding hydrogens is 300 g/mol. The average molecular weight is 324 g/mol. The van der Waals surface area contributed by atoms with Crippen molar-refractivity contribution >= 4 is 6.08 Å². The molecule has 1 heterocycles. The lowest BCUT2D eigenvalue weighted by atomic mass is 10.1. The Morgan fingerprint density at radius 3 is 2.62 bits per heavy atom. The van der Waals surface area contributed by atoms with Crippen LogP contribution in [0, 0.1) is 0 Å². The third kappa shape index (κ3) is 5.97. The fourth-order valence-corrected chi connectivity index (χ4v) is 2.20. The Kier molecular flexibility index (Phi) is 7.18. The van der Waals surface area contributed by atoms with E-state index >= 15 is 0 Å². The van der Waals surface area contributed by atoms with Crippen LogP contribution in [0.4, 0.5) is 0 Å². The predicted octanol–water partition coefficient (Wildman–Crippen LogP) is 4.27. The van der Waals surface area contributed by atoms with Crippen molar-refractivity contribution in [1.82, 2.24) is 9.97 Å². The highest BCUT2D eigenvalue weighted by molar-refractivity contribution is 5.61. The molecule has 0 spiro atoms. The molecule has 4 nitrogen and oxygen atoms in total. The van der Waals surface area contributed by atoms with Crippen LogP contribution in [0.15, 0.2) is 55.4 Å². The molecule has 1 aromatic carbocycles. The molecule has 1 atom stereocenters. The maximum atomic E-state index is 9.22. The smallest absolute Gasteiger partial charge is 0.232 e. The molecule has 2 rings (SSSR count). The third-order valence-electron chi connectivity index (χ3n) is 3.49. The first kappa shape index (κ1) is 17.9. The summed E-state index contributed by atoms with van der Waals surface area (Å²) in [4.78, 5) is 8.60. The first-order valence-electron chi connectivity index (χ1n) is 8.20. The van der Waals surface area contributed by atoms with Crippen molar-refractivity contribution in [2.24, 2.45) is 0 Å². The summed E-state index contributed by atoms with van der Waals surface area (Å²) in [6.07, 6.45) is 11.8. The fourth-order valence-electron chi connectivity index (χ4n) is 2.20. The Morgan fingerprint density at radius 2 is 2.00 bits per heavy atom. The highest BCUT2D eigenvalue weighted by atomic mass is 16.5. The molecule has 0 amide bonds. The van der Waals surface area contributed by atoms with Crippen LogP contribution in [0.1, 0.15) is 31.7 Å². The monoisotopic (exact) mass is 324 g/mol. The van der Waals surface area contributed by atoms with Crippen molar-refractivity contribution in [2.45, 2.75) is 32.3 Å². The second-order valence-corrected chi connectivity index (χ2v) is 5.64. The van der Waals surface area contributed by atoms with Gasteiger partial charge in [-0.05, 0) is 31.7 Å². The van der Waals surface area contributed by atoms with Gasteiger partial charge in [0.15, 0.2) is 0 Å². The Bertz CT molecular complexity index is 646. The summed E-state index contributed by atoms with van der Waals surface area (Å²) in [7, 11) is 0. The van der Waals surface area contributed by atoms with Crippen LogP contribution in [-0.4, -0.2) is 27.8 Å². The molecule has 0 saturated heterocycles. The summed E-state index contributed by atoms with van der Waals surface area (Å²) < 4.78 is 5.33. The molecule has 0 saturated carbocycles. The van der Waals surface area contributed by atoms with E-state index in [4.69, 9.17) is 4.74 Å². The number of aliphatic hydroxyl groups excluding tert-OH is 1. The third-order valence-corrected chi connectivity index (χ3v) is 3.49. The molecule has 0 aliphatic heterocycles. The SMILES string of the molecule is C=CCOc1cnc(-c2ccc(/C=C/CCCC(C)O)cc2)cn1. The molecule has 126 valence electrons. The number of nitrogens with zero attached hydrogens (tertiary/aromatic N) is 2. The fraction of sp³-hybridized carbons (Fsp3) is 0.300. The highest BCUT2D eigenvalue weighted by Crippen LogP contribution is 2.19. The summed E-state index contributed by atoms with van der Waals surface area (Å²) in [6, 6.07) is 8.18. The standard InChI is InChI=1S/C20H24N2O2/c1-3-13-24-20-15-21-19(14-22-20)18-11-9-17(10-12-18)8-6-4-5-7-16(2)23/h3,6,8-12,14-16,23H,1,4-5,7,13H2,2H3/b8-6+. The van der Waals surface area contributed by atoms with E-state index in [1.165, 1.54) is 0 Å². The molecule has 0 radical (unpaired) electrons. The zero-order chi connectivity index (χ0) is 17.2. The van der Waals surface area contributed by atoms with E-state index in [1.54, 1.807) is 18.5 Å². The Balaban J connectivity index is 1.91. The van der Waals surface area contributed by atoms with Crippen molar-refractivity contribution < 1.29 is 9.84 Å². The van der Waals surface area contributed by atoms with Crippen molar-refractivity contribution in [1.29, 1.82) is 0 Å². The lowest BCUT2D eigenvalue weighted by molar-refractivity contribution is 0.182. The number of hydrogen-bond acceptors (Lipinski definition) is 4. The minimum atomic E-state index is -0.215. The highest BCUT2D eigenvalue weighted by Gasteiger charge is 2.01. The number of rotatable bonds is 9. The summed E-state index contributed by atoms with van der Waals surface area (Å²) >= 11 is 0. The van der Waals surface area contributed by atoms with E-state index in [9.17, 15) is 5.11 Å². The maximum Gasteiger partial charge on any atom is 0.232 e. The normalized spacial score (nSPS) is 12.2. The minimum absolute atomic E-state index is 0.215. The quantitative estimate of drug-likeness (QED) is 0.553. The van der Waals surface area contributed by atoms with Crippen molar-refractivity contribution in [3.8, 4) is 17.1 Å². The number of unbranched alkanes of at least 4 members (excludes halogenated alkanes) is 1. The van der Waals surface area contributed by atoms with Gasteiger partial charge in [0.1, 0.15) is 6.61 Å². The number of ether oxygens (including phenoxy) is 1. The van der Waals surface area contributed by atoms with Gasteiger partial charge in [-0.3, -0.25) is 0 Å². The van der Waals surface area contributed by atoms with Crippen LogP contribution < -0.4 is 4.74 Å². The Hall–Kier alpha value is -2.46. The average Bonchev–Trinajstić information content (AvgIpc) is 2.60. The van der Waals surface area contributed by atoms with Gasteiger partial charge < -0.3 is 9.84 Å². The summed E-state index contributed by atoms with van der Waals surface area (Å²) in [5.41, 5.74) is 2.98. The van der Waals surface area contributed by atoms with E-state index in [0.717, 1.165) is 36.1 Å². The van der Waals surface area contributed by atoms with E-state index in [-0.39, 0.29) is 6.10 Å². The molecule has 1 unspecified atom stereocenters. The number of aliphatic hydroxyl groups is 1. The molecule has 2 aromatic rings. The summed E-state index contributed by atoms with van der Waals surface area (Å²) in [5, 5.41) is 9.22. The maximum absolute atomic E-state index is 9.22. The van der Waals surface area contributed by atoms with Crippen LogP contribution in [-0.2, 0) is 0 Å². The van der Waals surface area contributed by atoms with Crippen molar-refractivity contribution in [2.75, 3.05) is 6.61 Å². The zero-order valence-corrected chi connectivity index (χ0v) is 14.1. The van der Waals surface area contributed by atoms with Crippen LogP contribution in [0.25, 0.3) is 17.3 Å². The summed E-state index contributed by atoms with van der Waals surface area (Å²) in [6.45, 7) is 5.84. The lowest BCUT2D eigenvalue weighted by Gasteiger charge is -2.04. The molecule has 0 aliphatic rings. The van der Waals surface area contributed by atoms with Crippen molar-refractivity contribution in [3.63, 3.8) is 0 Å². The van der Waals surface area contributed by atoms with Gasteiger partial charge in [0.2, 0.25) is 5.88 Å². The van der Waals surface area contributed by atoms with Gasteiger partial charge in [0.05, 0.1) is 24.2 Å². The summed E-state index contributed by atoms with van der Waals surface area (Å²) in [5.74, 6) is 0.496. The van der Waals surface area contributed by atoms with Crippen molar-refractivity contribution in [3.05, 3.63) is 61.0 Å². The zero-order valence-electron chi connectivity index (χ0n) is 14.1. The Labute approximate surface area is 143 Å². The van der Waals surface area contributed by atoms with Crippen LogP contribution >= 0.6 is 0 Å². The number of benzene rings is 1. The minimum Gasteiger partial charge on any atom is -0.472 e. The lowest BCUT2D eigenvalue weighted by Crippen LogP contribution is -1.97. The van der Waals surface area contributed by atoms with Gasteiger partial charge in [-0.2, -0.15) is 0 Å². The van der Waals surface area contributed by atoms with Gasteiger partial charge in [0.25, 0.3) is 0 Å². The second-order valence-electron chi connectivity index (χ2n) is 5.64. The number of allylic oxidation sites excluding steroid dienone is 1. The largest absolute Gasteiger partial charge is 0.472 e. The molecule has 1 aromatic heterocycles. The van der Waals surface area contributed by atoms with Gasteiger partial charge in [-0.1, -0.05) is 49.1 Å². The molecule has 0 bridgehead atoms. The topological polar surface area (TPSA) is 55.2 Å². The van der Waals surface area contributed by atoms with E-state index in [1.807, 2.05) is 19.1 Å². The second kappa shape index (κ2) is 9.63. The van der Waals surface area contributed by atoms with E-state index in [2.05, 4.69) is 40.8 Å². The number of aromatic nitrogens is 2. The molecule has 0 aliphatic carbocycles. The van der Waals surface area contributed by atoms with Gasteiger partial charge >= 0.3 is 0 Å².